The molecule has 0 saturated carbocycles. The second-order valence-corrected chi connectivity index (χ2v) is 5.66. The Morgan fingerprint density at radius 1 is 1.20 bits per heavy atom. The molecule has 20 heavy (non-hydrogen) atoms. The average molecular weight is 278 g/mol. The standard InChI is InChI=1S/C15H22N2O3/c1-11-10-20-7-4-17(11)13-8-14(16-15(18)9-13)12-2-5-19-6-3-12/h8-9,11-12H,2-7,10H2,1H3,(H,16,18). The van der Waals surface area contributed by atoms with Crippen molar-refractivity contribution in [3.63, 3.8) is 0 Å². The predicted octanol–water partition coefficient (Wildman–Crippen LogP) is 1.49. The maximum absolute atomic E-state index is 12.0. The van der Waals surface area contributed by atoms with E-state index >= 15 is 0 Å². The minimum Gasteiger partial charge on any atom is -0.381 e. The van der Waals surface area contributed by atoms with Gasteiger partial charge >= 0.3 is 0 Å². The van der Waals surface area contributed by atoms with Crippen molar-refractivity contribution < 1.29 is 9.47 Å². The number of ether oxygens (including phenoxy) is 2. The number of rotatable bonds is 2. The Morgan fingerprint density at radius 3 is 2.75 bits per heavy atom. The zero-order chi connectivity index (χ0) is 13.9. The molecule has 3 heterocycles. The van der Waals surface area contributed by atoms with E-state index in [-0.39, 0.29) is 5.56 Å². The lowest BCUT2D eigenvalue weighted by Crippen LogP contribution is -2.44. The first-order chi connectivity index (χ1) is 9.74. The van der Waals surface area contributed by atoms with Gasteiger partial charge in [-0.3, -0.25) is 4.79 Å². The average Bonchev–Trinajstić information content (AvgIpc) is 2.48. The third kappa shape index (κ3) is 2.88. The van der Waals surface area contributed by atoms with Crippen molar-refractivity contribution in [1.29, 1.82) is 0 Å². The molecule has 1 unspecified atom stereocenters. The molecule has 1 aromatic rings. The van der Waals surface area contributed by atoms with Gasteiger partial charge in [-0.05, 0) is 25.8 Å². The first-order valence-corrected chi connectivity index (χ1v) is 7.40. The molecular weight excluding hydrogens is 256 g/mol. The molecule has 5 heteroatoms. The fourth-order valence-corrected chi connectivity index (χ4v) is 3.05. The topological polar surface area (TPSA) is 54.6 Å². The summed E-state index contributed by atoms with van der Waals surface area (Å²) in [5, 5.41) is 0. The van der Waals surface area contributed by atoms with Crippen LogP contribution >= 0.6 is 0 Å². The fraction of sp³-hybridized carbons (Fsp3) is 0.667. The highest BCUT2D eigenvalue weighted by Crippen LogP contribution is 2.28. The predicted molar refractivity (Wildman–Crippen MR) is 77.5 cm³/mol. The van der Waals surface area contributed by atoms with Crippen LogP contribution in [0.3, 0.4) is 0 Å². The second kappa shape index (κ2) is 5.97. The zero-order valence-corrected chi connectivity index (χ0v) is 11.9. The van der Waals surface area contributed by atoms with Gasteiger partial charge < -0.3 is 19.4 Å². The number of morpholine rings is 1. The summed E-state index contributed by atoms with van der Waals surface area (Å²) in [6, 6.07) is 4.15. The summed E-state index contributed by atoms with van der Waals surface area (Å²) in [7, 11) is 0. The summed E-state index contributed by atoms with van der Waals surface area (Å²) in [6.45, 7) is 5.99. The molecule has 2 saturated heterocycles. The van der Waals surface area contributed by atoms with Crippen molar-refractivity contribution in [2.75, 3.05) is 37.9 Å². The highest BCUT2D eigenvalue weighted by atomic mass is 16.5. The number of anilines is 1. The molecule has 1 aromatic heterocycles. The van der Waals surface area contributed by atoms with E-state index in [9.17, 15) is 4.79 Å². The molecule has 0 amide bonds. The molecule has 5 nitrogen and oxygen atoms in total. The molecule has 2 aliphatic rings. The van der Waals surface area contributed by atoms with Crippen LogP contribution in [0.4, 0.5) is 5.69 Å². The van der Waals surface area contributed by atoms with E-state index in [0.29, 0.717) is 12.0 Å². The van der Waals surface area contributed by atoms with E-state index in [1.54, 1.807) is 6.07 Å². The Kier molecular flexibility index (Phi) is 4.08. The number of hydrogen-bond donors (Lipinski definition) is 1. The van der Waals surface area contributed by atoms with Gasteiger partial charge in [0, 0.05) is 49.2 Å². The third-order valence-corrected chi connectivity index (χ3v) is 4.21. The van der Waals surface area contributed by atoms with Gasteiger partial charge in [0.05, 0.1) is 13.2 Å². The van der Waals surface area contributed by atoms with Crippen LogP contribution in [0, 0.1) is 0 Å². The quantitative estimate of drug-likeness (QED) is 0.890. The van der Waals surface area contributed by atoms with Crippen LogP contribution in [0.2, 0.25) is 0 Å². The normalized spacial score (nSPS) is 24.9. The Morgan fingerprint density at radius 2 is 2.00 bits per heavy atom. The SMILES string of the molecule is CC1COCCN1c1cc(C2CCOCC2)[nH]c(=O)c1. The molecule has 0 aliphatic carbocycles. The van der Waals surface area contributed by atoms with Gasteiger partial charge in [0.2, 0.25) is 5.56 Å². The molecule has 0 bridgehead atoms. The van der Waals surface area contributed by atoms with Crippen LogP contribution < -0.4 is 10.5 Å². The van der Waals surface area contributed by atoms with Crippen molar-refractivity contribution in [2.24, 2.45) is 0 Å². The molecule has 1 atom stereocenters. The summed E-state index contributed by atoms with van der Waals surface area (Å²) >= 11 is 0. The van der Waals surface area contributed by atoms with Crippen molar-refractivity contribution in [2.45, 2.75) is 31.7 Å². The molecule has 0 radical (unpaired) electrons. The number of aromatic nitrogens is 1. The number of nitrogens with one attached hydrogen (secondary N) is 1. The summed E-state index contributed by atoms with van der Waals surface area (Å²) in [4.78, 5) is 17.2. The number of nitrogens with zero attached hydrogens (tertiary/aromatic N) is 1. The van der Waals surface area contributed by atoms with Gasteiger partial charge in [-0.25, -0.2) is 0 Å². The van der Waals surface area contributed by atoms with E-state index in [2.05, 4.69) is 22.9 Å². The molecule has 2 aliphatic heterocycles. The monoisotopic (exact) mass is 278 g/mol. The van der Waals surface area contributed by atoms with Gasteiger partial charge in [0.15, 0.2) is 0 Å². The first-order valence-electron chi connectivity index (χ1n) is 7.40. The van der Waals surface area contributed by atoms with Crippen LogP contribution in [-0.2, 0) is 9.47 Å². The minimum absolute atomic E-state index is 0.0114. The number of H-pyrrole nitrogens is 1. The highest BCUT2D eigenvalue weighted by molar-refractivity contribution is 5.48. The largest absolute Gasteiger partial charge is 0.381 e. The van der Waals surface area contributed by atoms with Gasteiger partial charge in [-0.2, -0.15) is 0 Å². The van der Waals surface area contributed by atoms with E-state index in [0.717, 1.165) is 57.2 Å². The smallest absolute Gasteiger partial charge is 0.250 e. The highest BCUT2D eigenvalue weighted by Gasteiger charge is 2.22. The van der Waals surface area contributed by atoms with Crippen molar-refractivity contribution >= 4 is 5.69 Å². The van der Waals surface area contributed by atoms with Gasteiger partial charge in [-0.15, -0.1) is 0 Å². The zero-order valence-electron chi connectivity index (χ0n) is 11.9. The van der Waals surface area contributed by atoms with E-state index in [1.165, 1.54) is 0 Å². The summed E-state index contributed by atoms with van der Waals surface area (Å²) < 4.78 is 10.9. The van der Waals surface area contributed by atoms with Crippen LogP contribution in [-0.4, -0.2) is 44.0 Å². The lowest BCUT2D eigenvalue weighted by Gasteiger charge is -2.35. The van der Waals surface area contributed by atoms with Crippen LogP contribution in [0.15, 0.2) is 16.9 Å². The van der Waals surface area contributed by atoms with Gasteiger partial charge in [0.1, 0.15) is 0 Å². The molecule has 0 aromatic carbocycles. The van der Waals surface area contributed by atoms with Crippen LogP contribution in [0.25, 0.3) is 0 Å². The summed E-state index contributed by atoms with van der Waals surface area (Å²) in [5.41, 5.74) is 2.06. The molecule has 1 N–H and O–H groups in total. The van der Waals surface area contributed by atoms with Crippen molar-refractivity contribution in [1.82, 2.24) is 4.98 Å². The molecular formula is C15H22N2O3. The minimum atomic E-state index is -0.0114. The molecule has 3 rings (SSSR count). The van der Waals surface area contributed by atoms with E-state index in [4.69, 9.17) is 9.47 Å². The van der Waals surface area contributed by atoms with E-state index in [1.807, 2.05) is 0 Å². The fourth-order valence-electron chi connectivity index (χ4n) is 3.05. The number of pyridine rings is 1. The van der Waals surface area contributed by atoms with Gasteiger partial charge in [0.25, 0.3) is 0 Å². The van der Waals surface area contributed by atoms with Crippen LogP contribution in [0.5, 0.6) is 0 Å². The molecule has 0 spiro atoms. The van der Waals surface area contributed by atoms with Crippen molar-refractivity contribution in [3.8, 4) is 0 Å². The molecule has 2 fully saturated rings. The van der Waals surface area contributed by atoms with Gasteiger partial charge in [-0.1, -0.05) is 0 Å². The third-order valence-electron chi connectivity index (χ3n) is 4.21. The number of hydrogen-bond acceptors (Lipinski definition) is 4. The Hall–Kier alpha value is -1.33. The summed E-state index contributed by atoms with van der Waals surface area (Å²) in [6.07, 6.45) is 1.97. The van der Waals surface area contributed by atoms with Crippen LogP contribution in [0.1, 0.15) is 31.4 Å². The molecule has 110 valence electrons. The maximum atomic E-state index is 12.0. The maximum Gasteiger partial charge on any atom is 0.250 e. The lowest BCUT2D eigenvalue weighted by molar-refractivity contribution is 0.0844. The summed E-state index contributed by atoms with van der Waals surface area (Å²) in [5.74, 6) is 0.410. The Bertz CT molecular complexity index is 508. The second-order valence-electron chi connectivity index (χ2n) is 5.66. The first kappa shape index (κ1) is 13.6. The Balaban J connectivity index is 1.87. The van der Waals surface area contributed by atoms with E-state index < -0.39 is 0 Å². The number of aromatic amines is 1. The Labute approximate surface area is 118 Å². The van der Waals surface area contributed by atoms with Crippen molar-refractivity contribution in [3.05, 3.63) is 28.2 Å². The lowest BCUT2D eigenvalue weighted by atomic mass is 9.95.